The molecule has 0 bridgehead atoms. The van der Waals surface area contributed by atoms with Crippen LogP contribution >= 0.6 is 15.9 Å². The molecule has 0 amide bonds. The topological polar surface area (TPSA) is 51.0 Å². The van der Waals surface area contributed by atoms with E-state index in [1.165, 1.54) is 5.56 Å². The van der Waals surface area contributed by atoms with Gasteiger partial charge in [0.2, 0.25) is 11.7 Å². The molecular weight excluding hydrogens is 330 g/mol. The maximum absolute atomic E-state index is 5.27. The minimum Gasteiger partial charge on any atom is -0.375 e. The summed E-state index contributed by atoms with van der Waals surface area (Å²) >= 11 is 3.49. The molecule has 4 nitrogen and oxygen atoms in total. The second kappa shape index (κ2) is 6.10. The standard InChI is InChI=1S/C16H14BrN3O/c1-11-6-8-12(9-7-11)16-19-15(21-20-16)10-18-14-5-3-2-4-13(14)17/h2-9,18H,10H2,1H3. The zero-order chi connectivity index (χ0) is 14.7. The average molecular weight is 344 g/mol. The third-order valence-electron chi connectivity index (χ3n) is 3.08. The Bertz CT molecular complexity index is 737. The quantitative estimate of drug-likeness (QED) is 0.761. The molecule has 0 fully saturated rings. The van der Waals surface area contributed by atoms with Gasteiger partial charge in [-0.05, 0) is 35.0 Å². The summed E-state index contributed by atoms with van der Waals surface area (Å²) in [5.41, 5.74) is 3.15. The summed E-state index contributed by atoms with van der Waals surface area (Å²) in [6, 6.07) is 16.0. The van der Waals surface area contributed by atoms with Gasteiger partial charge in [-0.3, -0.25) is 0 Å². The number of halogens is 1. The smallest absolute Gasteiger partial charge is 0.246 e. The lowest BCUT2D eigenvalue weighted by Crippen LogP contribution is -2.00. The number of benzene rings is 2. The van der Waals surface area contributed by atoms with Gasteiger partial charge in [-0.15, -0.1) is 0 Å². The van der Waals surface area contributed by atoms with Crippen molar-refractivity contribution in [3.63, 3.8) is 0 Å². The number of rotatable bonds is 4. The van der Waals surface area contributed by atoms with Crippen molar-refractivity contribution in [3.8, 4) is 11.4 Å². The number of aryl methyl sites for hydroxylation is 1. The summed E-state index contributed by atoms with van der Waals surface area (Å²) in [6.07, 6.45) is 0. The van der Waals surface area contributed by atoms with Gasteiger partial charge in [-0.1, -0.05) is 47.1 Å². The van der Waals surface area contributed by atoms with E-state index in [1.54, 1.807) is 0 Å². The van der Waals surface area contributed by atoms with E-state index in [-0.39, 0.29) is 0 Å². The third-order valence-corrected chi connectivity index (χ3v) is 3.77. The highest BCUT2D eigenvalue weighted by Crippen LogP contribution is 2.22. The van der Waals surface area contributed by atoms with Gasteiger partial charge in [-0.2, -0.15) is 4.98 Å². The first-order valence-electron chi connectivity index (χ1n) is 6.60. The van der Waals surface area contributed by atoms with Crippen LogP contribution in [-0.2, 0) is 6.54 Å². The monoisotopic (exact) mass is 343 g/mol. The summed E-state index contributed by atoms with van der Waals surface area (Å²) in [7, 11) is 0. The maximum Gasteiger partial charge on any atom is 0.246 e. The lowest BCUT2D eigenvalue weighted by Gasteiger charge is -2.04. The van der Waals surface area contributed by atoms with E-state index in [2.05, 4.69) is 31.4 Å². The molecule has 3 rings (SSSR count). The molecule has 0 aliphatic heterocycles. The SMILES string of the molecule is Cc1ccc(-c2noc(CNc3ccccc3Br)n2)cc1. The average Bonchev–Trinajstić information content (AvgIpc) is 2.96. The molecule has 0 saturated carbocycles. The fourth-order valence-corrected chi connectivity index (χ4v) is 2.35. The first-order chi connectivity index (χ1) is 10.2. The van der Waals surface area contributed by atoms with Gasteiger partial charge in [0.05, 0.1) is 6.54 Å². The number of nitrogens with one attached hydrogen (secondary N) is 1. The van der Waals surface area contributed by atoms with E-state index >= 15 is 0 Å². The Balaban J connectivity index is 1.71. The molecule has 1 N–H and O–H groups in total. The van der Waals surface area contributed by atoms with Crippen LogP contribution in [0.25, 0.3) is 11.4 Å². The number of hydrogen-bond acceptors (Lipinski definition) is 4. The van der Waals surface area contributed by atoms with Crippen molar-refractivity contribution in [1.29, 1.82) is 0 Å². The fraction of sp³-hybridized carbons (Fsp3) is 0.125. The van der Waals surface area contributed by atoms with E-state index in [9.17, 15) is 0 Å². The summed E-state index contributed by atoms with van der Waals surface area (Å²) in [5, 5.41) is 7.27. The molecule has 1 heterocycles. The van der Waals surface area contributed by atoms with E-state index in [4.69, 9.17) is 4.52 Å². The summed E-state index contributed by atoms with van der Waals surface area (Å²) in [5.74, 6) is 1.17. The van der Waals surface area contributed by atoms with Crippen molar-refractivity contribution in [2.24, 2.45) is 0 Å². The largest absolute Gasteiger partial charge is 0.375 e. The van der Waals surface area contributed by atoms with Crippen molar-refractivity contribution in [2.75, 3.05) is 5.32 Å². The highest BCUT2D eigenvalue weighted by Gasteiger charge is 2.08. The highest BCUT2D eigenvalue weighted by atomic mass is 79.9. The van der Waals surface area contributed by atoms with Gasteiger partial charge < -0.3 is 9.84 Å². The molecule has 0 spiro atoms. The predicted molar refractivity (Wildman–Crippen MR) is 85.9 cm³/mol. The van der Waals surface area contributed by atoms with Crippen LogP contribution in [0, 0.1) is 6.92 Å². The minimum atomic E-state index is 0.488. The predicted octanol–water partition coefficient (Wildman–Crippen LogP) is 4.42. The summed E-state index contributed by atoms with van der Waals surface area (Å²) in [4.78, 5) is 4.40. The lowest BCUT2D eigenvalue weighted by atomic mass is 10.1. The van der Waals surface area contributed by atoms with E-state index in [1.807, 2.05) is 55.5 Å². The zero-order valence-corrected chi connectivity index (χ0v) is 13.1. The third kappa shape index (κ3) is 3.31. The molecule has 21 heavy (non-hydrogen) atoms. The molecule has 0 atom stereocenters. The molecule has 106 valence electrons. The second-order valence-electron chi connectivity index (χ2n) is 4.71. The van der Waals surface area contributed by atoms with Crippen molar-refractivity contribution >= 4 is 21.6 Å². The molecule has 0 aliphatic carbocycles. The van der Waals surface area contributed by atoms with Crippen molar-refractivity contribution in [3.05, 3.63) is 64.5 Å². The first-order valence-corrected chi connectivity index (χ1v) is 7.40. The van der Waals surface area contributed by atoms with Crippen molar-refractivity contribution < 1.29 is 4.52 Å². The first kappa shape index (κ1) is 13.8. The normalized spacial score (nSPS) is 10.6. The van der Waals surface area contributed by atoms with E-state index in [0.717, 1.165) is 15.7 Å². The lowest BCUT2D eigenvalue weighted by molar-refractivity contribution is 0.384. The Labute approximate surface area is 131 Å². The molecule has 3 aromatic rings. The molecule has 0 unspecified atom stereocenters. The van der Waals surface area contributed by atoms with Crippen LogP contribution in [0.1, 0.15) is 11.5 Å². The van der Waals surface area contributed by atoms with Crippen molar-refractivity contribution in [1.82, 2.24) is 10.1 Å². The Morgan fingerprint density at radius 1 is 1.10 bits per heavy atom. The van der Waals surface area contributed by atoms with E-state index in [0.29, 0.717) is 18.3 Å². The Kier molecular flexibility index (Phi) is 4.01. The fourth-order valence-electron chi connectivity index (χ4n) is 1.92. The van der Waals surface area contributed by atoms with Crippen LogP contribution in [0.4, 0.5) is 5.69 Å². The van der Waals surface area contributed by atoms with E-state index < -0.39 is 0 Å². The van der Waals surface area contributed by atoms with Crippen LogP contribution in [0.3, 0.4) is 0 Å². The number of hydrogen-bond donors (Lipinski definition) is 1. The Hall–Kier alpha value is -2.14. The molecule has 0 radical (unpaired) electrons. The Morgan fingerprint density at radius 2 is 1.86 bits per heavy atom. The van der Waals surface area contributed by atoms with Crippen LogP contribution in [-0.4, -0.2) is 10.1 Å². The van der Waals surface area contributed by atoms with Gasteiger partial charge in [0, 0.05) is 15.7 Å². The Morgan fingerprint density at radius 3 is 2.62 bits per heavy atom. The van der Waals surface area contributed by atoms with Crippen LogP contribution in [0.2, 0.25) is 0 Å². The second-order valence-corrected chi connectivity index (χ2v) is 5.57. The summed E-state index contributed by atoms with van der Waals surface area (Å²) in [6.45, 7) is 2.54. The van der Waals surface area contributed by atoms with Crippen molar-refractivity contribution in [2.45, 2.75) is 13.5 Å². The maximum atomic E-state index is 5.27. The van der Waals surface area contributed by atoms with Gasteiger partial charge in [0.15, 0.2) is 0 Å². The van der Waals surface area contributed by atoms with Crippen LogP contribution in [0.15, 0.2) is 57.5 Å². The molecule has 5 heteroatoms. The van der Waals surface area contributed by atoms with Gasteiger partial charge in [-0.25, -0.2) is 0 Å². The number of anilines is 1. The number of para-hydroxylation sites is 1. The number of aromatic nitrogens is 2. The number of nitrogens with zero attached hydrogens (tertiary/aromatic N) is 2. The summed E-state index contributed by atoms with van der Waals surface area (Å²) < 4.78 is 6.28. The minimum absolute atomic E-state index is 0.488. The van der Waals surface area contributed by atoms with Gasteiger partial charge in [0.1, 0.15) is 0 Å². The molecule has 0 aliphatic rings. The zero-order valence-electron chi connectivity index (χ0n) is 11.5. The molecule has 1 aromatic heterocycles. The highest BCUT2D eigenvalue weighted by molar-refractivity contribution is 9.10. The molecular formula is C16H14BrN3O. The molecule has 2 aromatic carbocycles. The van der Waals surface area contributed by atoms with Gasteiger partial charge >= 0.3 is 0 Å². The van der Waals surface area contributed by atoms with Gasteiger partial charge in [0.25, 0.3) is 0 Å². The van der Waals surface area contributed by atoms with Crippen LogP contribution in [0.5, 0.6) is 0 Å². The molecule has 0 saturated heterocycles. The van der Waals surface area contributed by atoms with Crippen LogP contribution < -0.4 is 5.32 Å².